The number of rotatable bonds is 8. The minimum atomic E-state index is -0.397. The first-order valence-electron chi connectivity index (χ1n) is 15.7. The van der Waals surface area contributed by atoms with Gasteiger partial charge in [0.05, 0.1) is 22.7 Å². The number of thioether (sulfide) groups is 4. The van der Waals surface area contributed by atoms with Crippen LogP contribution < -0.4 is 9.47 Å². The van der Waals surface area contributed by atoms with E-state index in [4.69, 9.17) is 9.47 Å². The van der Waals surface area contributed by atoms with Crippen LogP contribution in [0.5, 0.6) is 11.5 Å². The summed E-state index contributed by atoms with van der Waals surface area (Å²) in [6, 6.07) is 33.0. The maximum Gasteiger partial charge on any atom is 0.138 e. The molecule has 4 aromatic rings. The van der Waals surface area contributed by atoms with E-state index in [1.165, 1.54) is 60.2 Å². The number of fused-ring (bicyclic) bond motifs is 2. The average molecular weight is 771 g/mol. The Labute approximate surface area is 328 Å². The van der Waals surface area contributed by atoms with Crippen LogP contribution in [-0.4, -0.2) is 14.2 Å². The van der Waals surface area contributed by atoms with Crippen LogP contribution in [0.3, 0.4) is 0 Å². The Hall–Kier alpha value is -6.48. The summed E-state index contributed by atoms with van der Waals surface area (Å²) in [4.78, 5) is 0. The lowest BCUT2D eigenvalue weighted by molar-refractivity contribution is 0.410. The Kier molecular flexibility index (Phi) is 11.7. The third-order valence-electron chi connectivity index (χ3n) is 8.32. The number of hydrogen-bond donors (Lipinski definition) is 0. The lowest BCUT2D eigenvalue weighted by atomic mass is 9.81. The Morgan fingerprint density at radius 2 is 1.15 bits per heavy atom. The molecule has 0 aromatic heterocycles. The topological polar surface area (TPSA) is 161 Å². The Morgan fingerprint density at radius 1 is 0.593 bits per heavy atom. The largest absolute Gasteiger partial charge is 0.496 e. The molecule has 12 heteroatoms. The van der Waals surface area contributed by atoms with Gasteiger partial charge in [0.15, 0.2) is 0 Å². The molecule has 0 saturated carbocycles. The molecule has 0 spiro atoms. The van der Waals surface area contributed by atoms with E-state index in [-0.39, 0.29) is 28.0 Å². The van der Waals surface area contributed by atoms with Gasteiger partial charge < -0.3 is 9.47 Å². The third-order valence-corrected chi connectivity index (χ3v) is 12.6. The van der Waals surface area contributed by atoms with Crippen molar-refractivity contribution >= 4 is 74.2 Å². The van der Waals surface area contributed by atoms with Gasteiger partial charge >= 0.3 is 0 Å². The summed E-state index contributed by atoms with van der Waals surface area (Å²) in [6.45, 7) is 0. The highest BCUT2D eigenvalue weighted by atomic mass is 32.2. The summed E-state index contributed by atoms with van der Waals surface area (Å²) in [6.07, 6.45) is 1.41. The maximum atomic E-state index is 10.7. The molecular formula is C42H22N6O2S4. The van der Waals surface area contributed by atoms with Crippen LogP contribution in [0.2, 0.25) is 0 Å². The summed E-state index contributed by atoms with van der Waals surface area (Å²) < 4.78 is 13.5. The number of allylic oxidation sites excluding steroid dienone is 8. The van der Waals surface area contributed by atoms with Crippen LogP contribution in [-0.2, 0) is 0 Å². The Morgan fingerprint density at radius 3 is 1.70 bits per heavy atom. The van der Waals surface area contributed by atoms with Crippen molar-refractivity contribution in [3.8, 4) is 59.0 Å². The van der Waals surface area contributed by atoms with E-state index in [0.29, 0.717) is 41.9 Å². The summed E-state index contributed by atoms with van der Waals surface area (Å²) in [5.41, 5.74) is 1.15. The van der Waals surface area contributed by atoms with E-state index >= 15 is 0 Å². The second kappa shape index (κ2) is 16.9. The fourth-order valence-electron chi connectivity index (χ4n) is 6.17. The van der Waals surface area contributed by atoms with Crippen molar-refractivity contribution in [2.75, 3.05) is 14.2 Å². The molecule has 0 aliphatic carbocycles. The van der Waals surface area contributed by atoms with Crippen LogP contribution in [0.25, 0.3) is 38.2 Å². The van der Waals surface area contributed by atoms with E-state index in [2.05, 4.69) is 0 Å². The lowest BCUT2D eigenvalue weighted by Crippen LogP contribution is -2.07. The van der Waals surface area contributed by atoms with E-state index < -0.39 is 11.1 Å². The minimum absolute atomic E-state index is 0.0247. The summed E-state index contributed by atoms with van der Waals surface area (Å²) >= 11 is 5.30. The number of nitrogens with zero attached hydrogens (tertiary/aromatic N) is 6. The molecule has 2 aliphatic rings. The molecule has 2 aliphatic heterocycles. The fourth-order valence-corrected chi connectivity index (χ4v) is 9.90. The van der Waals surface area contributed by atoms with Gasteiger partial charge in [-0.2, -0.15) is 31.6 Å². The van der Waals surface area contributed by atoms with E-state index in [9.17, 15) is 31.6 Å². The predicted molar refractivity (Wildman–Crippen MR) is 218 cm³/mol. The molecule has 0 radical (unpaired) electrons. The van der Waals surface area contributed by atoms with Crippen LogP contribution in [0.1, 0.15) is 5.56 Å². The molecule has 2 heterocycles. The molecule has 0 amide bonds. The fraction of sp³-hybridized carbons (Fsp3) is 0.0476. The molecule has 8 nitrogen and oxygen atoms in total. The van der Waals surface area contributed by atoms with Gasteiger partial charge in [0.1, 0.15) is 64.6 Å². The Balaban J connectivity index is 1.86. The third kappa shape index (κ3) is 6.88. The second-order valence-electron chi connectivity index (χ2n) is 11.0. The van der Waals surface area contributed by atoms with Crippen LogP contribution in [0.15, 0.2) is 136 Å². The summed E-state index contributed by atoms with van der Waals surface area (Å²) in [5.74, 6) is 0.799. The van der Waals surface area contributed by atoms with Gasteiger partial charge in [-0.25, -0.2) is 0 Å². The molecular weight excluding hydrogens is 749 g/mol. The van der Waals surface area contributed by atoms with Crippen LogP contribution >= 0.6 is 47.0 Å². The molecule has 0 fully saturated rings. The molecule has 54 heavy (non-hydrogen) atoms. The van der Waals surface area contributed by atoms with Gasteiger partial charge in [-0.1, -0.05) is 102 Å². The predicted octanol–water partition coefficient (Wildman–Crippen LogP) is 11.1. The first-order chi connectivity index (χ1) is 26.5. The highest BCUT2D eigenvalue weighted by molar-refractivity contribution is 8.28. The monoisotopic (exact) mass is 770 g/mol. The van der Waals surface area contributed by atoms with Crippen molar-refractivity contribution in [2.45, 2.75) is 0 Å². The minimum Gasteiger partial charge on any atom is -0.496 e. The molecule has 0 bridgehead atoms. The Bertz CT molecular complexity index is 2700. The molecule has 0 saturated heterocycles. The van der Waals surface area contributed by atoms with Crippen molar-refractivity contribution in [1.29, 1.82) is 31.6 Å². The van der Waals surface area contributed by atoms with Crippen molar-refractivity contribution in [3.63, 3.8) is 0 Å². The standard InChI is InChI=1S/C42H22N6O2S4/c1-49-34-12-11-26-7-3-5-9-30(26)37(34)38-31-10-6-4-8-27(31)18-32(40(38)50-2)35(28(21-45)22-46)36(29(23-47)24-48)39(42-53-15-16-54-42)33(17-25(19-43)20-44)41-51-13-14-52-41/h3-18H,1-2H3. The number of benzene rings is 4. The molecule has 0 unspecified atom stereocenters. The van der Waals surface area contributed by atoms with E-state index in [1.54, 1.807) is 13.2 Å². The first-order valence-corrected chi connectivity index (χ1v) is 19.2. The number of hydrogen-bond acceptors (Lipinski definition) is 12. The molecule has 0 atom stereocenters. The van der Waals surface area contributed by atoms with Crippen molar-refractivity contribution in [3.05, 3.63) is 142 Å². The van der Waals surface area contributed by atoms with E-state index in [0.717, 1.165) is 16.2 Å². The highest BCUT2D eigenvalue weighted by Gasteiger charge is 2.33. The van der Waals surface area contributed by atoms with Crippen LogP contribution in [0.4, 0.5) is 0 Å². The SMILES string of the molecule is COc1ccc2ccccc2c1-c1c(OC)c(C(=C(C#N)C#N)C(=C(C#N)C#N)C(=C2SC=CS2)C(C=C(C#N)C#N)=C2SC=CS2)cc2ccccc12. The molecule has 256 valence electrons. The normalized spacial score (nSPS) is 12.4. The zero-order chi connectivity index (χ0) is 38.2. The van der Waals surface area contributed by atoms with Crippen molar-refractivity contribution in [1.82, 2.24) is 0 Å². The van der Waals surface area contributed by atoms with Gasteiger partial charge in [-0.15, -0.1) is 0 Å². The van der Waals surface area contributed by atoms with Gasteiger partial charge in [-0.05, 0) is 61.4 Å². The van der Waals surface area contributed by atoms with Crippen molar-refractivity contribution < 1.29 is 9.47 Å². The number of methoxy groups -OCH3 is 2. The van der Waals surface area contributed by atoms with Gasteiger partial charge in [-0.3, -0.25) is 0 Å². The molecule has 0 N–H and O–H groups in total. The number of ether oxygens (including phenoxy) is 2. The molecule has 4 aromatic carbocycles. The van der Waals surface area contributed by atoms with Gasteiger partial charge in [0.25, 0.3) is 0 Å². The maximum absolute atomic E-state index is 10.7. The number of nitriles is 6. The molecule has 6 rings (SSSR count). The first kappa shape index (κ1) is 37.3. The zero-order valence-corrected chi connectivity index (χ0v) is 31.6. The summed E-state index contributed by atoms with van der Waals surface area (Å²) in [5, 5.41) is 73.1. The smallest absolute Gasteiger partial charge is 0.138 e. The summed E-state index contributed by atoms with van der Waals surface area (Å²) in [7, 11) is 3.06. The van der Waals surface area contributed by atoms with Crippen molar-refractivity contribution in [2.24, 2.45) is 0 Å². The quantitative estimate of drug-likeness (QED) is 0.123. The lowest BCUT2D eigenvalue weighted by Gasteiger charge is -2.25. The van der Waals surface area contributed by atoms with Gasteiger partial charge in [0, 0.05) is 39.0 Å². The second-order valence-corrected chi connectivity index (χ2v) is 15.2. The zero-order valence-electron chi connectivity index (χ0n) is 28.4. The van der Waals surface area contributed by atoms with E-state index in [1.807, 2.05) is 119 Å². The highest BCUT2D eigenvalue weighted by Crippen LogP contribution is 2.55. The van der Waals surface area contributed by atoms with Gasteiger partial charge in [0.2, 0.25) is 0 Å². The van der Waals surface area contributed by atoms with Crippen LogP contribution in [0, 0.1) is 68.0 Å². The average Bonchev–Trinajstić information content (AvgIpc) is 3.96.